The molecule has 0 saturated carbocycles. The van der Waals surface area contributed by atoms with Crippen molar-refractivity contribution in [2.75, 3.05) is 19.8 Å². The maximum absolute atomic E-state index is 14.1. The highest BCUT2D eigenvalue weighted by Crippen LogP contribution is 2.63. The Hall–Kier alpha value is -0.970. The van der Waals surface area contributed by atoms with E-state index < -0.39 is 19.7 Å². The van der Waals surface area contributed by atoms with Gasteiger partial charge in [-0.05, 0) is 32.4 Å². The van der Waals surface area contributed by atoms with E-state index in [-0.39, 0.29) is 19.8 Å². The molecular weight excluding hydrogens is 301 g/mol. The Labute approximate surface area is 123 Å². The summed E-state index contributed by atoms with van der Waals surface area (Å²) in [5, 5.41) is 0. The molecule has 0 aliphatic rings. The molecule has 0 bridgehead atoms. The van der Waals surface area contributed by atoms with Crippen LogP contribution in [-0.2, 0) is 13.6 Å². The van der Waals surface area contributed by atoms with Gasteiger partial charge in [-0.1, -0.05) is 18.2 Å². The Kier molecular flexibility index (Phi) is 6.78. The largest absolute Gasteiger partial charge is 0.493 e. The number of para-hydroxylation sites is 1. The molecule has 0 aromatic heterocycles. The summed E-state index contributed by atoms with van der Waals surface area (Å²) in [4.78, 5) is 0. The van der Waals surface area contributed by atoms with Crippen molar-refractivity contribution in [2.24, 2.45) is 0 Å². The summed E-state index contributed by atoms with van der Waals surface area (Å²) >= 11 is 0. The molecule has 1 aromatic rings. The molecule has 0 atom stereocenters. The van der Waals surface area contributed by atoms with Gasteiger partial charge in [0.05, 0.1) is 26.2 Å². The lowest BCUT2D eigenvalue weighted by Crippen LogP contribution is -2.23. The van der Waals surface area contributed by atoms with Gasteiger partial charge in [0.2, 0.25) is 0 Å². The first-order valence-electron chi connectivity index (χ1n) is 6.81. The van der Waals surface area contributed by atoms with Gasteiger partial charge in [-0.3, -0.25) is 4.57 Å². The number of aryl methyl sites for hydroxylation is 1. The van der Waals surface area contributed by atoms with Crippen molar-refractivity contribution in [1.82, 2.24) is 0 Å². The summed E-state index contributed by atoms with van der Waals surface area (Å²) in [5.74, 6) is 0.524. The Balaban J connectivity index is 2.67. The summed E-state index contributed by atoms with van der Waals surface area (Å²) in [6, 6.07) is 7.10. The lowest BCUT2D eigenvalue weighted by atomic mass is 10.2. The second-order valence-electron chi connectivity index (χ2n) is 4.36. The zero-order chi connectivity index (χ0) is 15.9. The molecule has 0 unspecified atom stereocenters. The molecule has 0 spiro atoms. The van der Waals surface area contributed by atoms with Crippen molar-refractivity contribution in [1.29, 1.82) is 0 Å². The van der Waals surface area contributed by atoms with Crippen molar-refractivity contribution < 1.29 is 27.1 Å². The highest BCUT2D eigenvalue weighted by atomic mass is 31.2. The van der Waals surface area contributed by atoms with Gasteiger partial charge in [0.25, 0.3) is 0 Å². The van der Waals surface area contributed by atoms with E-state index in [2.05, 4.69) is 9.05 Å². The minimum absolute atomic E-state index is 0.106. The Bertz CT molecular complexity index is 484. The quantitative estimate of drug-likeness (QED) is 0.622. The third kappa shape index (κ3) is 4.77. The maximum atomic E-state index is 14.1. The summed E-state index contributed by atoms with van der Waals surface area (Å²) < 4.78 is 54.9. The van der Waals surface area contributed by atoms with E-state index in [4.69, 9.17) is 4.74 Å². The van der Waals surface area contributed by atoms with Gasteiger partial charge in [-0.25, -0.2) is 0 Å². The van der Waals surface area contributed by atoms with Gasteiger partial charge in [-0.2, -0.15) is 8.78 Å². The summed E-state index contributed by atoms with van der Waals surface area (Å²) in [6.45, 7) is 4.31. The number of hydrogen-bond donors (Lipinski definition) is 0. The van der Waals surface area contributed by atoms with Crippen molar-refractivity contribution in [3.8, 4) is 5.75 Å². The van der Waals surface area contributed by atoms with Gasteiger partial charge >= 0.3 is 13.3 Å². The summed E-state index contributed by atoms with van der Waals surface area (Å²) in [5.41, 5.74) is -2.74. The number of rotatable bonds is 9. The minimum Gasteiger partial charge on any atom is -0.493 e. The normalized spacial score (nSPS) is 12.4. The number of alkyl halides is 2. The highest BCUT2D eigenvalue weighted by molar-refractivity contribution is 7.55. The molecule has 4 nitrogen and oxygen atoms in total. The molecular formula is C14H21F2O4P. The maximum Gasteiger partial charge on any atom is 0.399 e. The molecule has 7 heteroatoms. The number of ether oxygens (including phenoxy) is 1. The van der Waals surface area contributed by atoms with Crippen LogP contribution in [0.4, 0.5) is 8.78 Å². The predicted octanol–water partition coefficient (Wildman–Crippen LogP) is 4.62. The molecule has 21 heavy (non-hydrogen) atoms. The molecule has 0 heterocycles. The summed E-state index contributed by atoms with van der Waals surface area (Å²) in [6.07, 6.45) is -0.737. The van der Waals surface area contributed by atoms with Crippen LogP contribution < -0.4 is 4.74 Å². The molecule has 0 saturated heterocycles. The minimum atomic E-state index is -4.47. The van der Waals surface area contributed by atoms with Crippen molar-refractivity contribution in [3.05, 3.63) is 29.8 Å². The molecule has 1 aromatic carbocycles. The van der Waals surface area contributed by atoms with Crippen LogP contribution in [0.5, 0.6) is 5.75 Å². The smallest absolute Gasteiger partial charge is 0.399 e. The van der Waals surface area contributed by atoms with E-state index in [9.17, 15) is 13.3 Å². The Morgan fingerprint density at radius 2 is 1.71 bits per heavy atom. The molecule has 1 rings (SSSR count). The van der Waals surface area contributed by atoms with Crippen LogP contribution in [0.2, 0.25) is 0 Å². The molecule has 120 valence electrons. The van der Waals surface area contributed by atoms with Crippen LogP contribution in [0.3, 0.4) is 0 Å². The van der Waals surface area contributed by atoms with Gasteiger partial charge in [0.15, 0.2) is 0 Å². The predicted molar refractivity (Wildman–Crippen MR) is 77.1 cm³/mol. The second kappa shape index (κ2) is 7.87. The fourth-order valence-electron chi connectivity index (χ4n) is 1.71. The molecule has 0 fully saturated rings. The third-order valence-electron chi connectivity index (χ3n) is 2.75. The van der Waals surface area contributed by atoms with Gasteiger partial charge in [0, 0.05) is 0 Å². The fourth-order valence-corrected chi connectivity index (χ4v) is 3.20. The molecule has 0 aliphatic carbocycles. The zero-order valence-electron chi connectivity index (χ0n) is 12.5. The average molecular weight is 322 g/mol. The van der Waals surface area contributed by atoms with Gasteiger partial charge in [0.1, 0.15) is 5.75 Å². The standard InChI is InChI=1S/C14H21F2O4P/c1-4-19-21(17,20-5-2)14(15,16)10-11-18-13-9-7-6-8-12(13)3/h6-9H,4-5,10-11H2,1-3H3. The van der Waals surface area contributed by atoms with E-state index in [0.717, 1.165) is 5.56 Å². The molecule has 0 N–H and O–H groups in total. The van der Waals surface area contributed by atoms with Crippen LogP contribution in [0.15, 0.2) is 24.3 Å². The van der Waals surface area contributed by atoms with Crippen LogP contribution in [0, 0.1) is 6.92 Å². The first-order chi connectivity index (χ1) is 9.86. The van der Waals surface area contributed by atoms with Crippen LogP contribution >= 0.6 is 7.60 Å². The lowest BCUT2D eigenvalue weighted by Gasteiger charge is -2.25. The average Bonchev–Trinajstić information content (AvgIpc) is 2.41. The fraction of sp³-hybridized carbons (Fsp3) is 0.571. The van der Waals surface area contributed by atoms with Gasteiger partial charge < -0.3 is 13.8 Å². The van der Waals surface area contributed by atoms with E-state index in [1.807, 2.05) is 19.1 Å². The highest BCUT2D eigenvalue weighted by Gasteiger charge is 2.52. The zero-order valence-corrected chi connectivity index (χ0v) is 13.4. The van der Waals surface area contributed by atoms with Crippen LogP contribution in [0.25, 0.3) is 0 Å². The second-order valence-corrected chi connectivity index (χ2v) is 6.53. The SMILES string of the molecule is CCOP(=O)(OCC)C(F)(F)CCOc1ccccc1C. The first-order valence-corrected chi connectivity index (χ1v) is 8.36. The van der Waals surface area contributed by atoms with E-state index in [1.165, 1.54) is 13.8 Å². The topological polar surface area (TPSA) is 44.8 Å². The number of hydrogen-bond acceptors (Lipinski definition) is 4. The first kappa shape index (κ1) is 18.1. The third-order valence-corrected chi connectivity index (χ3v) is 4.97. The monoisotopic (exact) mass is 322 g/mol. The van der Waals surface area contributed by atoms with Crippen molar-refractivity contribution in [2.45, 2.75) is 32.9 Å². The van der Waals surface area contributed by atoms with Crippen LogP contribution in [-0.4, -0.2) is 25.5 Å². The van der Waals surface area contributed by atoms with E-state index in [1.54, 1.807) is 12.1 Å². The Morgan fingerprint density at radius 3 is 2.24 bits per heavy atom. The van der Waals surface area contributed by atoms with Crippen molar-refractivity contribution in [3.63, 3.8) is 0 Å². The molecule has 0 radical (unpaired) electrons. The summed E-state index contributed by atoms with van der Waals surface area (Å²) in [7, 11) is -4.47. The van der Waals surface area contributed by atoms with Crippen molar-refractivity contribution >= 4 is 7.60 Å². The van der Waals surface area contributed by atoms with E-state index in [0.29, 0.717) is 5.75 Å². The number of halogens is 2. The number of benzene rings is 1. The Morgan fingerprint density at radius 1 is 1.14 bits per heavy atom. The van der Waals surface area contributed by atoms with E-state index >= 15 is 0 Å². The lowest BCUT2D eigenvalue weighted by molar-refractivity contribution is 0.0207. The molecule has 0 amide bonds. The molecule has 0 aliphatic heterocycles. The van der Waals surface area contributed by atoms with Gasteiger partial charge in [-0.15, -0.1) is 0 Å². The van der Waals surface area contributed by atoms with Crippen LogP contribution in [0.1, 0.15) is 25.8 Å².